The van der Waals surface area contributed by atoms with Gasteiger partial charge in [0.1, 0.15) is 0 Å². The number of aliphatic hydroxyl groups excluding tert-OH is 2. The molecular formula is C18H42BCsO10. The number of ether oxygens (including phenoxy) is 8. The van der Waals surface area contributed by atoms with Gasteiger partial charge in [0.25, 0.3) is 0 Å². The Morgan fingerprint density at radius 1 is 0.300 bits per heavy atom. The van der Waals surface area contributed by atoms with Gasteiger partial charge in [-0.05, 0) is 0 Å². The van der Waals surface area contributed by atoms with E-state index in [4.69, 9.17) is 48.1 Å². The van der Waals surface area contributed by atoms with E-state index >= 15 is 0 Å². The molecule has 0 saturated carbocycles. The van der Waals surface area contributed by atoms with Crippen molar-refractivity contribution < 1.29 is 117 Å². The third-order valence-corrected chi connectivity index (χ3v) is 3.08. The molecule has 0 bridgehead atoms. The predicted octanol–water partition coefficient (Wildman–Crippen LogP) is -5.34. The van der Waals surface area contributed by atoms with Crippen LogP contribution in [0.2, 0.25) is 0 Å². The molecule has 178 valence electrons. The van der Waals surface area contributed by atoms with E-state index in [1.54, 1.807) is 0 Å². The molecule has 0 aliphatic heterocycles. The molecular weight excluding hydrogens is 520 g/mol. The fourth-order valence-electron chi connectivity index (χ4n) is 1.77. The van der Waals surface area contributed by atoms with Crippen molar-refractivity contribution in [1.29, 1.82) is 0 Å². The van der Waals surface area contributed by atoms with Crippen molar-refractivity contribution in [3.8, 4) is 0 Å². The third-order valence-electron chi connectivity index (χ3n) is 3.08. The number of hydrogen-bond donors (Lipinski definition) is 2. The van der Waals surface area contributed by atoms with E-state index in [2.05, 4.69) is 0 Å². The van der Waals surface area contributed by atoms with Crippen LogP contribution in [0.25, 0.3) is 0 Å². The Labute approximate surface area is 241 Å². The molecule has 10 nitrogen and oxygen atoms in total. The van der Waals surface area contributed by atoms with Gasteiger partial charge in [-0.3, -0.25) is 0 Å². The van der Waals surface area contributed by atoms with Crippen molar-refractivity contribution in [1.82, 2.24) is 0 Å². The SMILES string of the molecule is OCCOCCOCCOCCOCCOCCOCCOCCOCCO.[BH4-].[Cs+]. The Kier molecular flexibility index (Phi) is 42.7. The molecule has 0 heterocycles. The summed E-state index contributed by atoms with van der Waals surface area (Å²) in [7, 11) is 0. The first-order valence-corrected chi connectivity index (χ1v) is 9.75. The van der Waals surface area contributed by atoms with E-state index < -0.39 is 0 Å². The van der Waals surface area contributed by atoms with Gasteiger partial charge >= 0.3 is 68.9 Å². The van der Waals surface area contributed by atoms with Crippen LogP contribution in [-0.2, 0) is 37.9 Å². The third kappa shape index (κ3) is 34.3. The molecule has 0 rings (SSSR count). The minimum absolute atomic E-state index is 0. The smallest absolute Gasteiger partial charge is 0.394 e. The van der Waals surface area contributed by atoms with E-state index in [-0.39, 0.29) is 90.5 Å². The van der Waals surface area contributed by atoms with E-state index in [9.17, 15) is 0 Å². The summed E-state index contributed by atoms with van der Waals surface area (Å²) in [6.45, 7) is 7.79. The van der Waals surface area contributed by atoms with Gasteiger partial charge in [0.15, 0.2) is 0 Å². The van der Waals surface area contributed by atoms with E-state index in [0.29, 0.717) is 106 Å². The van der Waals surface area contributed by atoms with Crippen LogP contribution < -0.4 is 68.9 Å². The molecule has 12 heteroatoms. The predicted molar refractivity (Wildman–Crippen MR) is 112 cm³/mol. The van der Waals surface area contributed by atoms with Gasteiger partial charge in [0.05, 0.1) is 119 Å². The van der Waals surface area contributed by atoms with Gasteiger partial charge in [-0.1, -0.05) is 8.41 Å². The molecule has 0 aromatic rings. The van der Waals surface area contributed by atoms with Crippen molar-refractivity contribution in [3.63, 3.8) is 0 Å². The van der Waals surface area contributed by atoms with Gasteiger partial charge in [-0.25, -0.2) is 0 Å². The van der Waals surface area contributed by atoms with E-state index in [0.717, 1.165) is 0 Å². The minimum Gasteiger partial charge on any atom is -0.394 e. The summed E-state index contributed by atoms with van der Waals surface area (Å²) in [5, 5.41) is 17.0. The molecule has 0 aliphatic carbocycles. The molecule has 0 radical (unpaired) electrons. The Morgan fingerprint density at radius 3 is 0.567 bits per heavy atom. The summed E-state index contributed by atoms with van der Waals surface area (Å²) in [5.74, 6) is 0. The minimum atomic E-state index is 0. The van der Waals surface area contributed by atoms with Gasteiger partial charge in [0.2, 0.25) is 0 Å². The molecule has 0 aromatic carbocycles. The van der Waals surface area contributed by atoms with Crippen molar-refractivity contribution in [2.24, 2.45) is 0 Å². The normalized spacial score (nSPS) is 10.6. The molecule has 0 atom stereocenters. The topological polar surface area (TPSA) is 114 Å². The molecule has 0 spiro atoms. The summed E-state index contributed by atoms with van der Waals surface area (Å²) in [6.07, 6.45) is 0. The van der Waals surface area contributed by atoms with Crippen molar-refractivity contribution >= 4 is 8.41 Å². The zero-order chi connectivity index (χ0) is 20.4. The first-order chi connectivity index (χ1) is 13.9. The van der Waals surface area contributed by atoms with Crippen LogP contribution in [0.15, 0.2) is 0 Å². The van der Waals surface area contributed by atoms with Crippen molar-refractivity contribution in [2.75, 3.05) is 119 Å². The maximum atomic E-state index is 8.52. The zero-order valence-corrected chi connectivity index (χ0v) is 24.2. The van der Waals surface area contributed by atoms with Gasteiger partial charge in [-0.2, -0.15) is 0 Å². The quantitative estimate of drug-likeness (QED) is 0.0827. The fourth-order valence-corrected chi connectivity index (χ4v) is 1.77. The molecule has 0 aromatic heterocycles. The average Bonchev–Trinajstić information content (AvgIpc) is 2.71. The number of rotatable bonds is 25. The maximum Gasteiger partial charge on any atom is 1.00 e. The van der Waals surface area contributed by atoms with Crippen LogP contribution in [0.5, 0.6) is 0 Å². The first kappa shape index (κ1) is 36.3. The Hall–Kier alpha value is 1.72. The molecule has 30 heavy (non-hydrogen) atoms. The molecule has 0 saturated heterocycles. The van der Waals surface area contributed by atoms with Crippen molar-refractivity contribution in [3.05, 3.63) is 0 Å². The second kappa shape index (κ2) is 35.3. The fraction of sp³-hybridized carbons (Fsp3) is 1.00. The summed E-state index contributed by atoms with van der Waals surface area (Å²) >= 11 is 0. The molecule has 2 N–H and O–H groups in total. The van der Waals surface area contributed by atoms with Crippen LogP contribution in [-0.4, -0.2) is 138 Å². The number of hydrogen-bond acceptors (Lipinski definition) is 10. The van der Waals surface area contributed by atoms with Crippen LogP contribution in [0.1, 0.15) is 0 Å². The second-order valence-electron chi connectivity index (χ2n) is 5.35. The largest absolute Gasteiger partial charge is 1.00 e. The number of aliphatic hydroxyl groups is 2. The summed E-state index contributed by atoms with van der Waals surface area (Å²) < 4.78 is 42.2. The molecule has 0 aliphatic rings. The summed E-state index contributed by atoms with van der Waals surface area (Å²) in [5.41, 5.74) is 0. The summed E-state index contributed by atoms with van der Waals surface area (Å²) in [4.78, 5) is 0. The first-order valence-electron chi connectivity index (χ1n) is 9.75. The van der Waals surface area contributed by atoms with E-state index in [1.807, 2.05) is 0 Å². The van der Waals surface area contributed by atoms with Crippen LogP contribution in [0.3, 0.4) is 0 Å². The van der Waals surface area contributed by atoms with Crippen LogP contribution in [0, 0.1) is 0 Å². The second-order valence-corrected chi connectivity index (χ2v) is 5.35. The maximum absolute atomic E-state index is 8.52. The Bertz CT molecular complexity index is 257. The monoisotopic (exact) mass is 562 g/mol. The van der Waals surface area contributed by atoms with Gasteiger partial charge < -0.3 is 48.1 Å². The van der Waals surface area contributed by atoms with Crippen LogP contribution in [0.4, 0.5) is 0 Å². The molecule has 0 amide bonds. The average molecular weight is 562 g/mol. The standard InChI is InChI=1S/C18H38O10.BH4.Cs/c19-1-3-21-5-7-23-9-11-25-13-15-27-17-18-28-16-14-26-12-10-24-8-6-22-4-2-20;;/h19-20H,1-18H2;1H4;/q;-1;+1. The Balaban J connectivity index is -0.00000364. The molecule has 0 unspecified atom stereocenters. The zero-order valence-electron chi connectivity index (χ0n) is 17.9. The molecule has 0 fully saturated rings. The van der Waals surface area contributed by atoms with Gasteiger partial charge in [-0.15, -0.1) is 0 Å². The van der Waals surface area contributed by atoms with E-state index in [1.165, 1.54) is 0 Å². The summed E-state index contributed by atoms with van der Waals surface area (Å²) in [6, 6.07) is 0. The van der Waals surface area contributed by atoms with Gasteiger partial charge in [0, 0.05) is 0 Å². The van der Waals surface area contributed by atoms with Crippen molar-refractivity contribution in [2.45, 2.75) is 0 Å². The van der Waals surface area contributed by atoms with Crippen LogP contribution >= 0.6 is 0 Å². The Morgan fingerprint density at radius 2 is 0.433 bits per heavy atom.